The monoisotopic (exact) mass is 699 g/mol. The highest BCUT2D eigenvalue weighted by Gasteiger charge is 2.26. The predicted octanol–water partition coefficient (Wildman–Crippen LogP) is 7.49. The minimum atomic E-state index is -0.128. The summed E-state index contributed by atoms with van der Waals surface area (Å²) in [4.78, 5) is 22.9. The summed E-state index contributed by atoms with van der Waals surface area (Å²) in [5.41, 5.74) is 3.64. The number of amides is 1. The van der Waals surface area contributed by atoms with E-state index in [0.717, 1.165) is 73.0 Å². The lowest BCUT2D eigenvalue weighted by Gasteiger charge is -2.34. The highest BCUT2D eigenvalue weighted by Crippen LogP contribution is 2.38. The smallest absolute Gasteiger partial charge is 0.253 e. The van der Waals surface area contributed by atoms with E-state index < -0.39 is 0 Å². The first-order valence-corrected chi connectivity index (χ1v) is 17.4. The van der Waals surface area contributed by atoms with Gasteiger partial charge in [-0.15, -0.1) is 0 Å². The molecule has 0 bridgehead atoms. The van der Waals surface area contributed by atoms with Gasteiger partial charge in [0.2, 0.25) is 11.7 Å². The molecule has 10 nitrogen and oxygen atoms in total. The van der Waals surface area contributed by atoms with Crippen molar-refractivity contribution in [3.8, 4) is 17.2 Å². The van der Waals surface area contributed by atoms with Crippen molar-refractivity contribution in [1.29, 1.82) is 0 Å². The van der Waals surface area contributed by atoms with Gasteiger partial charge in [-0.2, -0.15) is 0 Å². The Kier molecular flexibility index (Phi) is 11.2. The number of hydrogen-bond acceptors (Lipinski definition) is 8. The fourth-order valence-electron chi connectivity index (χ4n) is 6.86. The van der Waals surface area contributed by atoms with Crippen molar-refractivity contribution in [3.05, 3.63) is 100 Å². The molecule has 1 fully saturated rings. The lowest BCUT2D eigenvalue weighted by Crippen LogP contribution is -2.40. The molecule has 3 heterocycles. The molecule has 0 aliphatic carbocycles. The minimum absolute atomic E-state index is 0.0886. The van der Waals surface area contributed by atoms with E-state index in [2.05, 4.69) is 33.0 Å². The molecule has 50 heavy (non-hydrogen) atoms. The lowest BCUT2D eigenvalue weighted by molar-refractivity contribution is 0.0781. The van der Waals surface area contributed by atoms with E-state index in [0.29, 0.717) is 47.0 Å². The first kappa shape index (κ1) is 35.2. The van der Waals surface area contributed by atoms with E-state index in [9.17, 15) is 4.79 Å². The summed E-state index contributed by atoms with van der Waals surface area (Å²) in [5, 5.41) is 4.45. The van der Waals surface area contributed by atoms with Crippen LogP contribution in [0.1, 0.15) is 52.6 Å². The number of hydrogen-bond donors (Lipinski definition) is 1. The second-order valence-electron chi connectivity index (χ2n) is 12.9. The third kappa shape index (κ3) is 8.03. The Hall–Kier alpha value is -4.67. The number of fused-ring (bicyclic) bond motifs is 1. The molecule has 1 aliphatic rings. The predicted molar refractivity (Wildman–Crippen MR) is 197 cm³/mol. The van der Waals surface area contributed by atoms with E-state index >= 15 is 0 Å². The Labute approximate surface area is 298 Å². The molecule has 0 radical (unpaired) electrons. The van der Waals surface area contributed by atoms with E-state index in [1.54, 1.807) is 38.4 Å². The molecule has 1 unspecified atom stereocenters. The maximum atomic E-state index is 13.7. The number of anilines is 1. The third-order valence-electron chi connectivity index (χ3n) is 9.55. The molecular weight excluding hydrogens is 654 g/mol. The van der Waals surface area contributed by atoms with E-state index in [4.69, 9.17) is 35.2 Å². The molecule has 6 rings (SSSR count). The highest BCUT2D eigenvalue weighted by molar-refractivity contribution is 6.30. The topological polar surface area (TPSA) is 94.2 Å². The number of benzene rings is 3. The second-order valence-corrected chi connectivity index (χ2v) is 13.4. The number of aryl methyl sites for hydroxylation is 1. The largest absolute Gasteiger partial charge is 0.493 e. The van der Waals surface area contributed by atoms with Gasteiger partial charge < -0.3 is 38.3 Å². The van der Waals surface area contributed by atoms with Gasteiger partial charge in [0.05, 0.1) is 38.9 Å². The molecule has 0 spiro atoms. The van der Waals surface area contributed by atoms with E-state index in [1.807, 2.05) is 56.4 Å². The molecule has 5 aromatic rings. The normalized spacial score (nSPS) is 14.4. The number of nitrogens with zero attached hydrogens (tertiary/aromatic N) is 4. The van der Waals surface area contributed by atoms with E-state index in [-0.39, 0.29) is 11.8 Å². The Morgan fingerprint density at radius 2 is 1.74 bits per heavy atom. The van der Waals surface area contributed by atoms with Crippen molar-refractivity contribution in [2.24, 2.45) is 0 Å². The Morgan fingerprint density at radius 3 is 2.40 bits per heavy atom. The molecule has 2 aromatic heterocycles. The molecule has 1 aliphatic heterocycles. The third-order valence-corrected chi connectivity index (χ3v) is 9.79. The number of ether oxygens (including phenoxy) is 3. The van der Waals surface area contributed by atoms with Crippen LogP contribution < -0.4 is 19.5 Å². The average Bonchev–Trinajstić information content (AvgIpc) is 3.71. The van der Waals surface area contributed by atoms with Crippen molar-refractivity contribution in [1.82, 2.24) is 19.4 Å². The fraction of sp³-hybridized carbons (Fsp3) is 0.385. The van der Waals surface area contributed by atoms with Gasteiger partial charge in [0, 0.05) is 49.2 Å². The second kappa shape index (κ2) is 15.9. The maximum absolute atomic E-state index is 13.7. The van der Waals surface area contributed by atoms with Crippen LogP contribution >= 0.6 is 11.6 Å². The van der Waals surface area contributed by atoms with Crippen LogP contribution in [0.25, 0.3) is 11.0 Å². The van der Waals surface area contributed by atoms with Crippen LogP contribution in [0.3, 0.4) is 0 Å². The number of rotatable bonds is 14. The summed E-state index contributed by atoms with van der Waals surface area (Å²) < 4.78 is 24.6. The number of likely N-dealkylation sites (tertiary alicyclic amines) is 1. The summed E-state index contributed by atoms with van der Waals surface area (Å²) in [6.07, 6.45) is 2.89. The van der Waals surface area contributed by atoms with Gasteiger partial charge in [-0.3, -0.25) is 4.79 Å². The minimum Gasteiger partial charge on any atom is -0.493 e. The number of carbonyl (C=O) groups excluding carboxylic acids is 1. The van der Waals surface area contributed by atoms with Crippen molar-refractivity contribution in [3.63, 3.8) is 0 Å². The van der Waals surface area contributed by atoms with Gasteiger partial charge in [-0.25, -0.2) is 4.98 Å². The number of likely N-dealkylation sites (N-methyl/N-ethyl adjacent to an activating group) is 1. The first-order chi connectivity index (χ1) is 24.3. The van der Waals surface area contributed by atoms with Gasteiger partial charge in [0.1, 0.15) is 11.5 Å². The molecule has 3 aromatic carbocycles. The van der Waals surface area contributed by atoms with Gasteiger partial charge in [-0.1, -0.05) is 35.9 Å². The summed E-state index contributed by atoms with van der Waals surface area (Å²) >= 11 is 6.44. The molecule has 264 valence electrons. The van der Waals surface area contributed by atoms with Crippen molar-refractivity contribution < 1.29 is 23.4 Å². The summed E-state index contributed by atoms with van der Waals surface area (Å²) in [6.45, 7) is 5.97. The van der Waals surface area contributed by atoms with Crippen LogP contribution in [-0.4, -0.2) is 85.9 Å². The van der Waals surface area contributed by atoms with Gasteiger partial charge in [0.25, 0.3) is 5.91 Å². The van der Waals surface area contributed by atoms with Crippen LogP contribution in [-0.2, 0) is 6.54 Å². The number of imidazole rings is 1. The molecule has 1 saturated heterocycles. The number of carbonyl (C=O) groups is 1. The van der Waals surface area contributed by atoms with Crippen LogP contribution in [0.2, 0.25) is 5.02 Å². The molecular formula is C39H46ClN5O5. The zero-order valence-electron chi connectivity index (χ0n) is 29.4. The van der Waals surface area contributed by atoms with Crippen molar-refractivity contribution in [2.45, 2.75) is 44.7 Å². The molecule has 1 amide bonds. The molecule has 11 heteroatoms. The molecule has 0 saturated carbocycles. The standard InChI is InChI=1S/C39H46ClN5O5/c1-26-13-14-32(50-26)25-45-34-12-7-6-11-33(34)42-39(45)41-31-16-19-44(20-17-31)18-15-28(27-9-8-10-30(40)21-27)24-43(2)38(46)29-22-35(47-3)37(49-5)36(23-29)48-4/h6-14,21-23,28,31H,15-20,24-25H2,1-5H3,(H,41,42). The van der Waals surface area contributed by atoms with E-state index in [1.165, 1.54) is 0 Å². The number of para-hydroxylation sites is 2. The average molecular weight is 700 g/mol. The fourth-order valence-corrected chi connectivity index (χ4v) is 7.05. The first-order valence-electron chi connectivity index (χ1n) is 17.1. The summed E-state index contributed by atoms with van der Waals surface area (Å²) in [6, 6.07) is 23.9. The maximum Gasteiger partial charge on any atom is 0.253 e. The van der Waals surface area contributed by atoms with Crippen molar-refractivity contribution >= 4 is 34.5 Å². The van der Waals surface area contributed by atoms with Gasteiger partial charge >= 0.3 is 0 Å². The van der Waals surface area contributed by atoms with Crippen LogP contribution in [0, 0.1) is 6.92 Å². The summed E-state index contributed by atoms with van der Waals surface area (Å²) in [5.74, 6) is 3.99. The van der Waals surface area contributed by atoms with Crippen LogP contribution in [0.15, 0.2) is 77.2 Å². The SMILES string of the molecule is COc1cc(C(=O)N(C)CC(CCN2CCC(Nc3nc4ccccc4n3Cc3ccc(C)o3)CC2)c2cccc(Cl)c2)cc(OC)c1OC. The summed E-state index contributed by atoms with van der Waals surface area (Å²) in [7, 11) is 6.47. The number of nitrogens with one attached hydrogen (secondary N) is 1. The number of methoxy groups -OCH3 is 3. The number of halogens is 1. The zero-order valence-corrected chi connectivity index (χ0v) is 30.2. The number of furan rings is 1. The Bertz CT molecular complexity index is 1890. The zero-order chi connectivity index (χ0) is 35.2. The molecule has 1 atom stereocenters. The molecule has 1 N–H and O–H groups in total. The highest BCUT2D eigenvalue weighted by atomic mass is 35.5. The lowest BCUT2D eigenvalue weighted by atomic mass is 9.94. The quantitative estimate of drug-likeness (QED) is 0.128. The Balaban J connectivity index is 1.10. The van der Waals surface area contributed by atoms with Gasteiger partial charge in [-0.05, 0) is 86.8 Å². The number of piperidine rings is 1. The Morgan fingerprint density at radius 1 is 1.00 bits per heavy atom. The van der Waals surface area contributed by atoms with Gasteiger partial charge in [0.15, 0.2) is 11.5 Å². The number of aromatic nitrogens is 2. The van der Waals surface area contributed by atoms with Crippen LogP contribution in [0.5, 0.6) is 17.2 Å². The van der Waals surface area contributed by atoms with Crippen molar-refractivity contribution in [2.75, 3.05) is 59.9 Å². The van der Waals surface area contributed by atoms with Crippen LogP contribution in [0.4, 0.5) is 5.95 Å².